The zero-order chi connectivity index (χ0) is 16.1. The minimum atomic E-state index is 0.675. The van der Waals surface area contributed by atoms with Gasteiger partial charge in [0.15, 0.2) is 0 Å². The molecule has 0 saturated carbocycles. The Bertz CT molecular complexity index is 678. The van der Waals surface area contributed by atoms with Crippen molar-refractivity contribution < 1.29 is 0 Å². The first-order valence-corrected chi connectivity index (χ1v) is 8.05. The molecule has 2 aromatic rings. The lowest BCUT2D eigenvalue weighted by molar-refractivity contribution is 0.254. The van der Waals surface area contributed by atoms with Gasteiger partial charge >= 0.3 is 0 Å². The van der Waals surface area contributed by atoms with Crippen molar-refractivity contribution >= 4 is 5.82 Å². The zero-order valence-corrected chi connectivity index (χ0v) is 13.5. The Hall–Kier alpha value is -2.39. The minimum absolute atomic E-state index is 0.675. The second-order valence-corrected chi connectivity index (χ2v) is 5.97. The molecule has 0 spiro atoms. The molecule has 6 heteroatoms. The molecule has 0 bridgehead atoms. The number of aryl methyl sites for hydroxylation is 2. The van der Waals surface area contributed by atoms with Crippen molar-refractivity contribution in [2.24, 2.45) is 7.05 Å². The molecule has 0 amide bonds. The van der Waals surface area contributed by atoms with Crippen LogP contribution in [0.25, 0.3) is 0 Å². The number of nitriles is 1. The predicted molar refractivity (Wildman–Crippen MR) is 89.1 cm³/mol. The molecule has 0 N–H and O–H groups in total. The number of pyridine rings is 1. The van der Waals surface area contributed by atoms with Gasteiger partial charge in [-0.1, -0.05) is 0 Å². The topological polar surface area (TPSA) is 61.0 Å². The molecule has 2 aromatic heterocycles. The SMILES string of the molecule is Cn1cc(CCCN2CCN(c3cc(C#N)ccn3)CC2)cn1. The van der Waals surface area contributed by atoms with Crippen LogP contribution in [0.5, 0.6) is 0 Å². The van der Waals surface area contributed by atoms with Crippen LogP contribution in [0.1, 0.15) is 17.5 Å². The van der Waals surface area contributed by atoms with Gasteiger partial charge in [-0.25, -0.2) is 4.98 Å². The van der Waals surface area contributed by atoms with E-state index in [1.165, 1.54) is 5.56 Å². The second kappa shape index (κ2) is 7.25. The van der Waals surface area contributed by atoms with E-state index in [-0.39, 0.29) is 0 Å². The summed E-state index contributed by atoms with van der Waals surface area (Å²) >= 11 is 0. The number of hydrogen-bond acceptors (Lipinski definition) is 5. The Balaban J connectivity index is 1.44. The molecule has 1 aliphatic heterocycles. The van der Waals surface area contributed by atoms with Crippen LogP contribution in [0.3, 0.4) is 0 Å². The van der Waals surface area contributed by atoms with Crippen LogP contribution in [0.2, 0.25) is 0 Å². The summed E-state index contributed by atoms with van der Waals surface area (Å²) in [5.41, 5.74) is 1.98. The van der Waals surface area contributed by atoms with Gasteiger partial charge in [-0.05, 0) is 37.1 Å². The van der Waals surface area contributed by atoms with Crippen LogP contribution in [0.15, 0.2) is 30.7 Å². The zero-order valence-electron chi connectivity index (χ0n) is 13.5. The smallest absolute Gasteiger partial charge is 0.129 e. The molecule has 0 atom stereocenters. The molecule has 1 fully saturated rings. The van der Waals surface area contributed by atoms with Gasteiger partial charge in [-0.3, -0.25) is 9.58 Å². The third kappa shape index (κ3) is 4.08. The van der Waals surface area contributed by atoms with Gasteiger partial charge in [0.25, 0.3) is 0 Å². The quantitative estimate of drug-likeness (QED) is 0.836. The third-order valence-corrected chi connectivity index (χ3v) is 4.27. The number of anilines is 1. The Kier molecular flexibility index (Phi) is 4.89. The first-order valence-electron chi connectivity index (χ1n) is 8.05. The van der Waals surface area contributed by atoms with Crippen LogP contribution < -0.4 is 4.90 Å². The lowest BCUT2D eigenvalue weighted by Gasteiger charge is -2.35. The number of aromatic nitrogens is 3. The fourth-order valence-corrected chi connectivity index (χ4v) is 2.97. The molecule has 3 rings (SSSR count). The predicted octanol–water partition coefficient (Wildman–Crippen LogP) is 1.44. The van der Waals surface area contributed by atoms with Gasteiger partial charge in [0.1, 0.15) is 5.82 Å². The summed E-state index contributed by atoms with van der Waals surface area (Å²) in [6, 6.07) is 5.80. The van der Waals surface area contributed by atoms with Gasteiger partial charge in [-0.2, -0.15) is 10.4 Å². The number of nitrogens with zero attached hydrogens (tertiary/aromatic N) is 6. The summed E-state index contributed by atoms with van der Waals surface area (Å²) in [5, 5.41) is 13.2. The van der Waals surface area contributed by atoms with Crippen molar-refractivity contribution in [3.8, 4) is 6.07 Å². The molecule has 0 aliphatic carbocycles. The van der Waals surface area contributed by atoms with E-state index in [2.05, 4.69) is 32.1 Å². The monoisotopic (exact) mass is 310 g/mol. The third-order valence-electron chi connectivity index (χ3n) is 4.27. The fourth-order valence-electron chi connectivity index (χ4n) is 2.97. The summed E-state index contributed by atoms with van der Waals surface area (Å²) in [4.78, 5) is 9.15. The average Bonchev–Trinajstić information content (AvgIpc) is 3.01. The Morgan fingerprint density at radius 3 is 2.78 bits per heavy atom. The highest BCUT2D eigenvalue weighted by molar-refractivity contribution is 5.45. The van der Waals surface area contributed by atoms with Crippen LogP contribution in [-0.4, -0.2) is 52.4 Å². The summed E-state index contributed by atoms with van der Waals surface area (Å²) in [6.45, 7) is 5.15. The molecule has 0 aromatic carbocycles. The Morgan fingerprint density at radius 1 is 1.26 bits per heavy atom. The lowest BCUT2D eigenvalue weighted by Crippen LogP contribution is -2.47. The first kappa shape index (κ1) is 15.5. The number of piperazine rings is 1. The summed E-state index contributed by atoms with van der Waals surface area (Å²) in [5.74, 6) is 0.916. The van der Waals surface area contributed by atoms with E-state index in [1.807, 2.05) is 24.0 Å². The highest BCUT2D eigenvalue weighted by atomic mass is 15.3. The molecule has 0 radical (unpaired) electrons. The van der Waals surface area contributed by atoms with Gasteiger partial charge in [0, 0.05) is 45.6 Å². The molecule has 3 heterocycles. The Labute approximate surface area is 137 Å². The van der Waals surface area contributed by atoms with Gasteiger partial charge in [0.05, 0.1) is 17.8 Å². The van der Waals surface area contributed by atoms with E-state index < -0.39 is 0 Å². The maximum atomic E-state index is 8.98. The van der Waals surface area contributed by atoms with Crippen molar-refractivity contribution in [2.45, 2.75) is 12.8 Å². The second-order valence-electron chi connectivity index (χ2n) is 5.97. The largest absolute Gasteiger partial charge is 0.354 e. The van der Waals surface area contributed by atoms with Crippen molar-refractivity contribution in [3.05, 3.63) is 41.9 Å². The van der Waals surface area contributed by atoms with Gasteiger partial charge < -0.3 is 4.90 Å². The highest BCUT2D eigenvalue weighted by Gasteiger charge is 2.17. The van der Waals surface area contributed by atoms with E-state index in [0.717, 1.165) is 51.4 Å². The highest BCUT2D eigenvalue weighted by Crippen LogP contribution is 2.15. The van der Waals surface area contributed by atoms with Crippen molar-refractivity contribution in [2.75, 3.05) is 37.6 Å². The van der Waals surface area contributed by atoms with Crippen LogP contribution >= 0.6 is 0 Å². The normalized spacial score (nSPS) is 15.6. The van der Waals surface area contributed by atoms with E-state index >= 15 is 0 Å². The maximum absolute atomic E-state index is 8.98. The van der Waals surface area contributed by atoms with Crippen molar-refractivity contribution in [1.82, 2.24) is 19.7 Å². The van der Waals surface area contributed by atoms with Crippen molar-refractivity contribution in [3.63, 3.8) is 0 Å². The van der Waals surface area contributed by atoms with E-state index in [1.54, 1.807) is 12.3 Å². The van der Waals surface area contributed by atoms with Crippen LogP contribution in [-0.2, 0) is 13.5 Å². The lowest BCUT2D eigenvalue weighted by atomic mass is 10.2. The molecule has 6 nitrogen and oxygen atoms in total. The Morgan fingerprint density at radius 2 is 2.09 bits per heavy atom. The molecular formula is C17H22N6. The van der Waals surface area contributed by atoms with Crippen LogP contribution in [0, 0.1) is 11.3 Å². The number of hydrogen-bond donors (Lipinski definition) is 0. The van der Waals surface area contributed by atoms with Gasteiger partial charge in [-0.15, -0.1) is 0 Å². The number of rotatable bonds is 5. The van der Waals surface area contributed by atoms with Crippen LogP contribution in [0.4, 0.5) is 5.82 Å². The molecule has 23 heavy (non-hydrogen) atoms. The fraction of sp³-hybridized carbons (Fsp3) is 0.471. The van der Waals surface area contributed by atoms with E-state index in [4.69, 9.17) is 5.26 Å². The molecule has 0 unspecified atom stereocenters. The molecule has 1 aliphatic rings. The van der Waals surface area contributed by atoms with Crippen molar-refractivity contribution in [1.29, 1.82) is 5.26 Å². The standard InChI is InChI=1S/C17H22N6/c1-21-14-16(13-20-21)3-2-6-22-7-9-23(10-8-22)17-11-15(12-18)4-5-19-17/h4-5,11,13-14H,2-3,6-10H2,1H3. The summed E-state index contributed by atoms with van der Waals surface area (Å²) in [6.07, 6.45) is 8.00. The van der Waals surface area contributed by atoms with Gasteiger partial charge in [0.2, 0.25) is 0 Å². The molecule has 1 saturated heterocycles. The first-order chi connectivity index (χ1) is 11.2. The minimum Gasteiger partial charge on any atom is -0.354 e. The molecule has 120 valence electrons. The van der Waals surface area contributed by atoms with E-state index in [9.17, 15) is 0 Å². The summed E-state index contributed by atoms with van der Waals surface area (Å²) < 4.78 is 1.86. The summed E-state index contributed by atoms with van der Waals surface area (Å²) in [7, 11) is 1.96. The average molecular weight is 310 g/mol. The maximum Gasteiger partial charge on any atom is 0.129 e. The van der Waals surface area contributed by atoms with E-state index in [0.29, 0.717) is 5.56 Å². The molecular weight excluding hydrogens is 288 g/mol.